The van der Waals surface area contributed by atoms with E-state index in [4.69, 9.17) is 33.4 Å². The van der Waals surface area contributed by atoms with Crippen LogP contribution in [0, 0.1) is 56.5 Å². The summed E-state index contributed by atoms with van der Waals surface area (Å²) < 4.78 is 177. The van der Waals surface area contributed by atoms with Gasteiger partial charge < -0.3 is 45.4 Å². The van der Waals surface area contributed by atoms with Crippen LogP contribution in [0.15, 0.2) is 64.3 Å². The smallest absolute Gasteiger partial charge is 0.410 e. The summed E-state index contributed by atoms with van der Waals surface area (Å²) in [7, 11) is -15.8. The van der Waals surface area contributed by atoms with E-state index >= 15 is 0 Å². The first-order valence-corrected chi connectivity index (χ1v) is 52.9. The maximum Gasteiger partial charge on any atom is 0.410 e. The fourth-order valence-corrected chi connectivity index (χ4v) is 18.9. The number of sulfonamides is 5. The van der Waals surface area contributed by atoms with Crippen molar-refractivity contribution in [2.24, 2.45) is 38.2 Å². The number of halogens is 8. The van der Waals surface area contributed by atoms with Gasteiger partial charge in [-0.05, 0) is 227 Å². The maximum absolute atomic E-state index is 13.9. The monoisotopic (exact) mass is 2090 g/mol. The number of ether oxygens (including phenoxy) is 2. The van der Waals surface area contributed by atoms with Crippen LogP contribution in [0.1, 0.15) is 160 Å². The van der Waals surface area contributed by atoms with Crippen molar-refractivity contribution >= 4 is 181 Å². The molecule has 46 heteroatoms. The third-order valence-electron chi connectivity index (χ3n) is 21.8. The normalized spacial score (nSPS) is 22.9. The van der Waals surface area contributed by atoms with Gasteiger partial charge in [-0.15, -0.1) is 24.8 Å². The molecule has 0 saturated carbocycles. The van der Waals surface area contributed by atoms with Gasteiger partial charge in [0.05, 0.1) is 63.3 Å². The Bertz CT molecular complexity index is 5310. The Morgan fingerprint density at radius 2 is 0.773 bits per heavy atom. The molecule has 6 unspecified atom stereocenters. The second-order valence-corrected chi connectivity index (χ2v) is 48.9. The van der Waals surface area contributed by atoms with Crippen LogP contribution in [0.3, 0.4) is 0 Å². The summed E-state index contributed by atoms with van der Waals surface area (Å²) in [6, 6.07) is 8.69. The topological polar surface area (TPSA) is 428 Å². The van der Waals surface area contributed by atoms with Crippen molar-refractivity contribution in [3.63, 3.8) is 0 Å². The quantitative estimate of drug-likeness (QED) is 0.0293. The van der Waals surface area contributed by atoms with Crippen LogP contribution in [0.25, 0.3) is 37.6 Å². The molecule has 0 spiro atoms. The van der Waals surface area contributed by atoms with Gasteiger partial charge in [-0.1, -0.05) is 53.1 Å². The predicted molar refractivity (Wildman–Crippen MR) is 513 cm³/mol. The van der Waals surface area contributed by atoms with Gasteiger partial charge in [0.25, 0.3) is 0 Å². The molecular formula is C82H131Br2Cl3F3N19O14S5. The summed E-state index contributed by atoms with van der Waals surface area (Å²) >= 11 is 12.1. The number of benzene rings is 3. The number of amides is 2. The van der Waals surface area contributed by atoms with Gasteiger partial charge in [-0.2, -0.15) is 0 Å². The number of nitrogens with one attached hydrogen (secondary N) is 7. The molecule has 6 aromatic rings. The molecule has 0 radical (unpaired) electrons. The molecule has 0 aliphatic carbocycles. The Hall–Kier alpha value is -5.64. The number of nitrogens with two attached hydrogens (primary N) is 1. The van der Waals surface area contributed by atoms with Crippen LogP contribution in [-0.4, -0.2) is 254 Å². The summed E-state index contributed by atoms with van der Waals surface area (Å²) in [6.45, 7) is 42.8. The fraction of sp³-hybridized carbons (Fsp3) is 0.671. The van der Waals surface area contributed by atoms with Crippen LogP contribution >= 0.6 is 68.3 Å². The minimum atomic E-state index is -3.26. The highest BCUT2D eigenvalue weighted by molar-refractivity contribution is 9.10. The van der Waals surface area contributed by atoms with Crippen molar-refractivity contribution in [2.75, 3.05) is 159 Å². The van der Waals surface area contributed by atoms with Crippen molar-refractivity contribution in [2.45, 2.75) is 171 Å². The van der Waals surface area contributed by atoms with E-state index in [1.54, 1.807) is 21.9 Å². The number of likely N-dealkylation sites (tertiary alicyclic amines) is 2. The van der Waals surface area contributed by atoms with E-state index in [2.05, 4.69) is 138 Å². The zero-order chi connectivity index (χ0) is 94.5. The van der Waals surface area contributed by atoms with Gasteiger partial charge in [0.2, 0.25) is 55.8 Å². The first-order valence-electron chi connectivity index (χ1n) is 41.5. The van der Waals surface area contributed by atoms with Gasteiger partial charge in [0.1, 0.15) is 64.4 Å². The minimum Gasteiger partial charge on any atom is -0.444 e. The average Bonchev–Trinajstić information content (AvgIpc) is 0.779. The molecule has 9 heterocycles. The first kappa shape index (κ1) is 115. The zero-order valence-electron chi connectivity index (χ0n) is 76.2. The third-order valence-corrected chi connectivity index (χ3v) is 26.6. The van der Waals surface area contributed by atoms with Gasteiger partial charge in [-0.3, -0.25) is 0 Å². The van der Waals surface area contributed by atoms with Gasteiger partial charge in [0.15, 0.2) is 0 Å². The molecule has 3 aromatic carbocycles. The molecule has 12 rings (SSSR count). The first-order chi connectivity index (χ1) is 58.0. The zero-order valence-corrected chi connectivity index (χ0v) is 85.9. The summed E-state index contributed by atoms with van der Waals surface area (Å²) in [6.07, 6.45) is 21.3. The maximum atomic E-state index is 13.9. The van der Waals surface area contributed by atoms with Crippen LogP contribution in [0.2, 0.25) is 5.15 Å². The fourth-order valence-electron chi connectivity index (χ4n) is 15.0. The van der Waals surface area contributed by atoms with Crippen molar-refractivity contribution in [1.29, 1.82) is 0 Å². The molecule has 724 valence electrons. The second kappa shape index (κ2) is 48.5. The van der Waals surface area contributed by atoms with E-state index in [0.717, 1.165) is 147 Å². The van der Waals surface area contributed by atoms with Gasteiger partial charge in [-0.25, -0.2) is 123 Å². The van der Waals surface area contributed by atoms with Crippen molar-refractivity contribution in [1.82, 2.24) is 73.9 Å². The molecular weight excluding hydrogens is 1960 g/mol. The van der Waals surface area contributed by atoms with Crippen molar-refractivity contribution < 1.29 is 74.3 Å². The lowest BCUT2D eigenvalue weighted by atomic mass is 9.82. The number of fused-ring (bicyclic) bond motifs is 3. The Labute approximate surface area is 789 Å². The largest absolute Gasteiger partial charge is 0.444 e. The number of rotatable bonds is 18. The van der Waals surface area contributed by atoms with Gasteiger partial charge >= 0.3 is 12.2 Å². The molecule has 0 bridgehead atoms. The van der Waals surface area contributed by atoms with Crippen LogP contribution in [0.4, 0.5) is 40.1 Å². The van der Waals surface area contributed by atoms with E-state index in [0.29, 0.717) is 119 Å². The van der Waals surface area contributed by atoms with Crippen molar-refractivity contribution in [3.8, 4) is 0 Å². The van der Waals surface area contributed by atoms with Gasteiger partial charge in [0, 0.05) is 126 Å². The molecule has 6 fully saturated rings. The lowest BCUT2D eigenvalue weighted by Crippen LogP contribution is -2.50. The molecule has 128 heavy (non-hydrogen) atoms. The number of piperidine rings is 6. The van der Waals surface area contributed by atoms with Crippen molar-refractivity contribution in [3.05, 3.63) is 98.3 Å². The van der Waals surface area contributed by atoms with E-state index in [1.807, 2.05) is 55.4 Å². The Morgan fingerprint density at radius 3 is 1.12 bits per heavy atom. The number of aromatic nitrogens is 6. The Kier molecular flexibility index (Phi) is 43.5. The predicted octanol–water partition coefficient (Wildman–Crippen LogP) is 12.6. The van der Waals surface area contributed by atoms with E-state index < -0.39 is 67.1 Å². The van der Waals surface area contributed by atoms with E-state index in [1.165, 1.54) is 62.0 Å². The standard InChI is InChI=1S/C17H20FN5O2S.C16H20BrFN4O2S.C13H26N2O4S.C12H24N2O2.C8H3BrClFN2.2C8H18N2O2S.2ClH/c1-17(9-22-26(3,24)25)5-4-6-23(10-17)16-12-7-15(19-2)13(18)8-14(12)20-11-21-16;1-16(8-21-25(2,23)24)4-3-5-22(9-16)15-11-6-12(17)13(18)7-14(11)19-10-20-15;1-12(2,3)19-11(16)15-8-6-7-13(4,10-15)9-14-20(5,17)18;1-11(2,3)16-10(15)14-7-5-6-12(4,8-13)9-14;9-5-1-4-7(2-6(5)11)12-3-13-8(4)10;2*1-8(4-3-5-9-6-8)7-10-13(2,11)12;;/h7-8,11,22H,4-6,9-10H2,1,3H3;6-7,10,21H,3-5,8-9H2,1-2H3;14H,6-10H2,1-5H3;5-9,13H2,1-4H3;1-3H;2*9-10H,3-7H2,1-2H3;2*1H. The second-order valence-electron chi connectivity index (χ2n) is 37.7. The molecule has 3 aromatic heterocycles. The molecule has 6 saturated heterocycles. The number of carbonyl (C=O) groups excluding carboxylic acids is 2. The lowest BCUT2D eigenvalue weighted by molar-refractivity contribution is 0.00689. The number of carbonyl (C=O) groups is 2. The molecule has 6 aliphatic rings. The van der Waals surface area contributed by atoms with Crippen LogP contribution in [0.5, 0.6) is 0 Å². The average molecular weight is 2090 g/mol. The summed E-state index contributed by atoms with van der Waals surface area (Å²) in [5, 5.41) is 8.91. The lowest BCUT2D eigenvalue weighted by Gasteiger charge is -2.41. The summed E-state index contributed by atoms with van der Waals surface area (Å²) in [5.41, 5.74) is 5.76. The molecule has 33 nitrogen and oxygen atoms in total. The number of anilines is 2. The molecule has 9 N–H and O–H groups in total. The van der Waals surface area contributed by atoms with E-state index in [-0.39, 0.29) is 86.8 Å². The highest BCUT2D eigenvalue weighted by atomic mass is 79.9. The number of hydrogen-bond acceptors (Lipinski definition) is 25. The van der Waals surface area contributed by atoms with Crippen LogP contribution < -0.4 is 49.8 Å². The number of hydrogen-bond donors (Lipinski definition) is 8. The third kappa shape index (κ3) is 40.3. The highest BCUT2D eigenvalue weighted by Crippen LogP contribution is 2.39. The minimum absolute atomic E-state index is 0. The SMILES string of the molecule is CC1(CN)CCCN(C(=O)OC(C)(C)C)C1.CC1(CNS(C)(=O)=O)CCCN(C(=O)OC(C)(C)C)C1.CC1(CNS(C)(=O)=O)CCCN(c2ncnc3cc(F)c(Br)cc23)C1.CC1(CNS(C)(=O)=O)CCCNC1.CC1(CNS(C)(=O)=O)CCCNC1.Cl.Cl.Fc1cc2ncnc(Cl)c2cc1Br.[C-]#[N+]c1cc2c(N3CCCC(C)(CNS(C)(=O)=O)C3)ncnc2cc1F. The molecule has 6 atom stereocenters. The molecule has 6 aliphatic heterocycles. The van der Waals surface area contributed by atoms with Crippen LogP contribution in [-0.2, 0) is 59.6 Å². The number of nitrogens with zero attached hydrogens (tertiary/aromatic N) is 11. The summed E-state index contributed by atoms with van der Waals surface area (Å²) in [4.78, 5) is 59.5. The van der Waals surface area contributed by atoms with E-state index in [9.17, 15) is 64.8 Å². The highest BCUT2D eigenvalue weighted by Gasteiger charge is 2.39. The summed E-state index contributed by atoms with van der Waals surface area (Å²) in [5.74, 6) is 0.0689. The molecule has 2 amide bonds. The Morgan fingerprint density at radius 1 is 0.469 bits per heavy atom. The Balaban J connectivity index is 0.000000318.